The SMILES string of the molecule is CC(C)(C)c1ccc(Nc2cc3oc4cc5c(cc4c3cc2-c2ccc3c4cc6c(cc4n4c3c2[B]c2cc3c(-c7ccccc7)oc(-c7ccccc7)c3cc2-4)oc2ccccc26)C(C)(C)CCC5(C)C)cc1. The Kier molecular flexibility index (Phi) is 8.90. The first-order chi connectivity index (χ1) is 35.8. The van der Waals surface area contributed by atoms with Gasteiger partial charge in [0, 0.05) is 88.8 Å². The molecule has 6 heteroatoms. The van der Waals surface area contributed by atoms with Gasteiger partial charge in [-0.1, -0.05) is 163 Å². The first-order valence-corrected chi connectivity index (χ1v) is 26.2. The van der Waals surface area contributed by atoms with Crippen LogP contribution in [0.15, 0.2) is 183 Å². The predicted molar refractivity (Wildman–Crippen MR) is 310 cm³/mol. The molecule has 0 saturated heterocycles. The highest BCUT2D eigenvalue weighted by atomic mass is 16.3. The van der Waals surface area contributed by atoms with Crippen LogP contribution in [0, 0.1) is 0 Å². The van der Waals surface area contributed by atoms with Gasteiger partial charge in [0.15, 0.2) is 7.28 Å². The summed E-state index contributed by atoms with van der Waals surface area (Å²) >= 11 is 0. The van der Waals surface area contributed by atoms with E-state index in [1.165, 1.54) is 27.5 Å². The Morgan fingerprint density at radius 3 is 1.81 bits per heavy atom. The maximum absolute atomic E-state index is 7.03. The summed E-state index contributed by atoms with van der Waals surface area (Å²) in [4.78, 5) is 0. The lowest BCUT2D eigenvalue weighted by Crippen LogP contribution is -2.37. The van der Waals surface area contributed by atoms with Crippen LogP contribution in [0.1, 0.15) is 78.0 Å². The van der Waals surface area contributed by atoms with E-state index < -0.39 is 0 Å². The van der Waals surface area contributed by atoms with Crippen LogP contribution < -0.4 is 16.2 Å². The van der Waals surface area contributed by atoms with Crippen LogP contribution in [0.3, 0.4) is 0 Å². The minimum Gasteiger partial charge on any atom is -0.456 e. The molecule has 1 N–H and O–H groups in total. The smallest absolute Gasteiger partial charge is 0.197 e. The summed E-state index contributed by atoms with van der Waals surface area (Å²) in [7, 11) is 2.43. The van der Waals surface area contributed by atoms with Crippen LogP contribution in [0.4, 0.5) is 11.4 Å². The molecule has 13 aromatic rings. The maximum Gasteiger partial charge on any atom is 0.197 e. The number of rotatable bonds is 5. The van der Waals surface area contributed by atoms with Gasteiger partial charge < -0.3 is 23.1 Å². The normalized spacial score (nSPS) is 14.9. The zero-order valence-electron chi connectivity index (χ0n) is 42.8. The third-order valence-electron chi connectivity index (χ3n) is 16.8. The van der Waals surface area contributed by atoms with Crippen LogP contribution >= 0.6 is 0 Å². The second-order valence-electron chi connectivity index (χ2n) is 23.4. The molecule has 15 rings (SSSR count). The number of nitrogens with one attached hydrogen (secondary N) is 1. The first kappa shape index (κ1) is 43.4. The number of fused-ring (bicyclic) bond motifs is 13. The zero-order valence-corrected chi connectivity index (χ0v) is 42.8. The largest absolute Gasteiger partial charge is 0.456 e. The second-order valence-corrected chi connectivity index (χ2v) is 23.4. The van der Waals surface area contributed by atoms with Crippen LogP contribution in [-0.2, 0) is 16.2 Å². The Bertz CT molecular complexity index is 4500. The molecule has 5 nitrogen and oxygen atoms in total. The van der Waals surface area contributed by atoms with Gasteiger partial charge in [0.25, 0.3) is 0 Å². The lowest BCUT2D eigenvalue weighted by atomic mass is 9.58. The van der Waals surface area contributed by atoms with Gasteiger partial charge in [0.05, 0.1) is 11.2 Å². The Balaban J connectivity index is 1.03. The van der Waals surface area contributed by atoms with Crippen molar-refractivity contribution in [2.24, 2.45) is 0 Å². The molecule has 1 aliphatic heterocycles. The third-order valence-corrected chi connectivity index (χ3v) is 16.8. The summed E-state index contributed by atoms with van der Waals surface area (Å²) in [5.74, 6) is 1.71. The van der Waals surface area contributed by atoms with Crippen LogP contribution in [0.2, 0.25) is 0 Å². The minimum atomic E-state index is 0.0322. The molecule has 1 radical (unpaired) electrons. The van der Waals surface area contributed by atoms with Crippen LogP contribution in [0.25, 0.3) is 116 Å². The van der Waals surface area contributed by atoms with E-state index in [-0.39, 0.29) is 16.2 Å². The molecule has 4 aromatic heterocycles. The molecule has 5 heterocycles. The Labute approximate surface area is 430 Å². The monoisotopic (exact) mass is 957 g/mol. The van der Waals surface area contributed by atoms with Crippen molar-refractivity contribution < 1.29 is 13.3 Å². The van der Waals surface area contributed by atoms with Gasteiger partial charge in [0.1, 0.15) is 33.9 Å². The van der Waals surface area contributed by atoms with Crippen molar-refractivity contribution in [3.8, 4) is 39.5 Å². The molecule has 0 fully saturated rings. The number of benzene rings is 9. The Morgan fingerprint density at radius 1 is 0.486 bits per heavy atom. The maximum atomic E-state index is 7.03. The number of nitrogens with zero attached hydrogens (tertiary/aromatic N) is 1. The van der Waals surface area contributed by atoms with Crippen molar-refractivity contribution in [1.82, 2.24) is 4.57 Å². The van der Waals surface area contributed by atoms with Gasteiger partial charge in [-0.3, -0.25) is 0 Å². The first-order valence-electron chi connectivity index (χ1n) is 26.2. The molecule has 0 bridgehead atoms. The van der Waals surface area contributed by atoms with Crippen molar-refractivity contribution in [2.45, 2.75) is 77.6 Å². The lowest BCUT2D eigenvalue weighted by Gasteiger charge is -2.41. The van der Waals surface area contributed by atoms with E-state index in [0.29, 0.717) is 0 Å². The van der Waals surface area contributed by atoms with Gasteiger partial charge >= 0.3 is 0 Å². The summed E-state index contributed by atoms with van der Waals surface area (Å²) in [6.45, 7) is 16.4. The van der Waals surface area contributed by atoms with E-state index in [0.717, 1.165) is 140 Å². The molecule has 0 atom stereocenters. The highest BCUT2D eigenvalue weighted by molar-refractivity contribution is 6.74. The summed E-state index contributed by atoms with van der Waals surface area (Å²) in [5, 5.41) is 12.9. The average molecular weight is 958 g/mol. The topological polar surface area (TPSA) is 56.4 Å². The number of para-hydroxylation sites is 1. The molecule has 2 aliphatic rings. The number of anilines is 2. The molecule has 0 spiro atoms. The number of furan rings is 3. The second kappa shape index (κ2) is 15.2. The van der Waals surface area contributed by atoms with Crippen molar-refractivity contribution >= 4 is 106 Å². The molecule has 1 aliphatic carbocycles. The average Bonchev–Trinajstić information content (AvgIpc) is 4.16. The Morgan fingerprint density at radius 2 is 1.09 bits per heavy atom. The molecule has 357 valence electrons. The van der Waals surface area contributed by atoms with Crippen molar-refractivity contribution in [3.05, 3.63) is 187 Å². The summed E-state index contributed by atoms with van der Waals surface area (Å²) < 4.78 is 23.2. The molecule has 9 aromatic carbocycles. The van der Waals surface area contributed by atoms with E-state index in [1.54, 1.807) is 0 Å². The van der Waals surface area contributed by atoms with E-state index in [4.69, 9.17) is 13.3 Å². The number of hydrogen-bond acceptors (Lipinski definition) is 4. The van der Waals surface area contributed by atoms with E-state index in [1.807, 2.05) is 6.07 Å². The predicted octanol–water partition coefficient (Wildman–Crippen LogP) is 17.7. The van der Waals surface area contributed by atoms with E-state index in [9.17, 15) is 0 Å². The van der Waals surface area contributed by atoms with Gasteiger partial charge in [-0.05, 0) is 105 Å². The van der Waals surface area contributed by atoms with Crippen molar-refractivity contribution in [2.75, 3.05) is 5.32 Å². The fraction of sp³-hybridized carbons (Fsp3) is 0.176. The molecular formula is C68H54BN2O3. The summed E-state index contributed by atoms with van der Waals surface area (Å²) in [6.07, 6.45) is 2.28. The molecule has 74 heavy (non-hydrogen) atoms. The minimum absolute atomic E-state index is 0.0322. The molecule has 0 amide bonds. The zero-order chi connectivity index (χ0) is 50.0. The van der Waals surface area contributed by atoms with Crippen LogP contribution in [-0.4, -0.2) is 11.8 Å². The molecular weight excluding hydrogens is 904 g/mol. The summed E-state index contributed by atoms with van der Waals surface area (Å²) in [6, 6.07) is 61.8. The van der Waals surface area contributed by atoms with Gasteiger partial charge in [-0.15, -0.1) is 0 Å². The lowest BCUT2D eigenvalue weighted by molar-refractivity contribution is 0.332. The number of aromatic nitrogens is 1. The fourth-order valence-electron chi connectivity index (χ4n) is 12.7. The summed E-state index contributed by atoms with van der Waals surface area (Å²) in [5.41, 5.74) is 19.7. The highest BCUT2D eigenvalue weighted by Gasteiger charge is 2.38. The van der Waals surface area contributed by atoms with Gasteiger partial charge in [-0.25, -0.2) is 0 Å². The standard InChI is InChI=1S/C68H54BN2O3/c1-66(2,3)40-22-24-41(25-23-40)70-55-36-60-48(49-32-52-53(35-59(49)73-60)68(6,7)29-28-67(52,4)5)30-45(55)43-26-27-44-46-31-47-42-20-14-15-21-58(42)72-61(47)37-56(46)71-57-34-51-50(33-54(57)69-62(43)63(44)71)64(38-16-10-8-11-17-38)74-65(51)39-18-12-9-13-19-39/h8-27,30-37,70H,28-29H2,1-7H3. The van der Waals surface area contributed by atoms with Gasteiger partial charge in [0.2, 0.25) is 0 Å². The van der Waals surface area contributed by atoms with E-state index in [2.05, 4.69) is 229 Å². The Hall–Kier alpha value is -8.22. The quantitative estimate of drug-likeness (QED) is 0.175. The number of hydrogen-bond donors (Lipinski definition) is 1. The van der Waals surface area contributed by atoms with Gasteiger partial charge in [-0.2, -0.15) is 0 Å². The third kappa shape index (κ3) is 6.36. The molecule has 0 saturated carbocycles. The molecule has 0 unspecified atom stereocenters. The van der Waals surface area contributed by atoms with E-state index >= 15 is 0 Å². The fourth-order valence-corrected chi connectivity index (χ4v) is 12.7. The highest BCUT2D eigenvalue weighted by Crippen LogP contribution is 2.50. The van der Waals surface area contributed by atoms with Crippen molar-refractivity contribution in [3.63, 3.8) is 0 Å². The van der Waals surface area contributed by atoms with Crippen molar-refractivity contribution in [1.29, 1.82) is 0 Å². The van der Waals surface area contributed by atoms with Crippen LogP contribution in [0.5, 0.6) is 0 Å².